The molecule has 3 heterocycles. The molecule has 0 saturated heterocycles. The van der Waals surface area contributed by atoms with Crippen LogP contribution in [-0.4, -0.2) is 27.4 Å². The summed E-state index contributed by atoms with van der Waals surface area (Å²) in [5.41, 5.74) is 3.80. The lowest BCUT2D eigenvalue weighted by Gasteiger charge is -2.27. The van der Waals surface area contributed by atoms with Crippen molar-refractivity contribution in [3.8, 4) is 28.5 Å². The Hall–Kier alpha value is -4.65. The first-order chi connectivity index (χ1) is 16.7. The maximum absolute atomic E-state index is 13.7. The number of methoxy groups -OCH3 is 1. The zero-order valence-electron chi connectivity index (χ0n) is 18.3. The first kappa shape index (κ1) is 20.0. The fourth-order valence-electron chi connectivity index (χ4n) is 4.33. The molecule has 1 aliphatic rings. The minimum Gasteiger partial charge on any atom is -0.495 e. The molecule has 0 radical (unpaired) electrons. The number of amides is 1. The molecular formula is C27H20N4O3. The number of nitrogens with one attached hydrogen (secondary N) is 1. The van der Waals surface area contributed by atoms with Crippen LogP contribution in [0.15, 0.2) is 91.4 Å². The zero-order valence-corrected chi connectivity index (χ0v) is 18.3. The molecule has 2 aromatic heterocycles. The minimum atomic E-state index is -0.520. The number of fused-ring (bicyclic) bond motifs is 3. The molecule has 0 unspecified atom stereocenters. The summed E-state index contributed by atoms with van der Waals surface area (Å²) in [4.78, 5) is 22.6. The number of carbonyl (C=O) groups excluding carboxylic acids is 1. The van der Waals surface area contributed by atoms with Crippen molar-refractivity contribution in [3.05, 3.63) is 103 Å². The molecule has 1 amide bonds. The van der Waals surface area contributed by atoms with Crippen LogP contribution < -0.4 is 14.8 Å². The first-order valence-corrected chi connectivity index (χ1v) is 10.9. The lowest BCUT2D eigenvalue weighted by atomic mass is 9.87. The van der Waals surface area contributed by atoms with E-state index in [1.165, 1.54) is 0 Å². The number of nitrogens with zero attached hydrogens (tertiary/aromatic N) is 3. The summed E-state index contributed by atoms with van der Waals surface area (Å²) in [7, 11) is 1.58. The van der Waals surface area contributed by atoms with Crippen LogP contribution >= 0.6 is 0 Å². The summed E-state index contributed by atoms with van der Waals surface area (Å²) in [5, 5.41) is 3.09. The maximum Gasteiger partial charge on any atom is 0.236 e. The third kappa shape index (κ3) is 3.34. The summed E-state index contributed by atoms with van der Waals surface area (Å²) in [6, 6.07) is 22.7. The van der Waals surface area contributed by atoms with Crippen molar-refractivity contribution in [2.75, 3.05) is 12.4 Å². The minimum absolute atomic E-state index is 0.171. The first-order valence-electron chi connectivity index (χ1n) is 10.9. The lowest BCUT2D eigenvalue weighted by molar-refractivity contribution is -0.116. The van der Waals surface area contributed by atoms with Gasteiger partial charge in [0.05, 0.1) is 24.4 Å². The molecule has 7 heteroatoms. The zero-order chi connectivity index (χ0) is 23.1. The van der Waals surface area contributed by atoms with Gasteiger partial charge in [-0.05, 0) is 36.4 Å². The third-order valence-corrected chi connectivity index (χ3v) is 5.93. The second-order valence-corrected chi connectivity index (χ2v) is 7.97. The number of para-hydroxylation sites is 2. The standard InChI is InChI=1S/C27H20N4O3/c1-33-24-12-11-17(21-16-31-14-6-13-28-27(31)30-21)15-20(24)29-26(32)25-18-7-2-4-9-22(18)34-23-10-5-3-8-19(23)25/h2-16,25H,1H3,(H,29,32). The van der Waals surface area contributed by atoms with E-state index >= 15 is 0 Å². The molecular weight excluding hydrogens is 428 g/mol. The summed E-state index contributed by atoms with van der Waals surface area (Å²) < 4.78 is 13.4. The molecule has 1 aliphatic heterocycles. The van der Waals surface area contributed by atoms with Gasteiger partial charge < -0.3 is 14.8 Å². The van der Waals surface area contributed by atoms with Crippen LogP contribution in [0.3, 0.4) is 0 Å². The monoisotopic (exact) mass is 448 g/mol. The number of rotatable bonds is 4. The van der Waals surface area contributed by atoms with Gasteiger partial charge in [0.25, 0.3) is 0 Å². The van der Waals surface area contributed by atoms with E-state index in [0.717, 1.165) is 22.4 Å². The van der Waals surface area contributed by atoms with E-state index in [9.17, 15) is 4.79 Å². The van der Waals surface area contributed by atoms with Gasteiger partial charge in [-0.2, -0.15) is 0 Å². The SMILES string of the molecule is COc1ccc(-c2cn3cccnc3n2)cc1NC(=O)C1c2ccccc2Oc2ccccc21. The van der Waals surface area contributed by atoms with Crippen molar-refractivity contribution in [1.82, 2.24) is 14.4 Å². The molecule has 5 aromatic rings. The van der Waals surface area contributed by atoms with Gasteiger partial charge in [-0.1, -0.05) is 36.4 Å². The predicted molar refractivity (Wildman–Crippen MR) is 128 cm³/mol. The van der Waals surface area contributed by atoms with E-state index in [1.54, 1.807) is 13.3 Å². The van der Waals surface area contributed by atoms with E-state index in [4.69, 9.17) is 9.47 Å². The number of ether oxygens (including phenoxy) is 2. The second kappa shape index (κ2) is 8.04. The number of aromatic nitrogens is 3. The van der Waals surface area contributed by atoms with Crippen LogP contribution in [0.4, 0.5) is 5.69 Å². The van der Waals surface area contributed by atoms with Gasteiger partial charge in [-0.3, -0.25) is 9.20 Å². The predicted octanol–water partition coefficient (Wildman–Crippen LogP) is 5.28. The fraction of sp³-hybridized carbons (Fsp3) is 0.0741. The average molecular weight is 448 g/mol. The normalized spacial score (nSPS) is 12.5. The Bertz CT molecular complexity index is 1460. The highest BCUT2D eigenvalue weighted by molar-refractivity contribution is 6.01. The Morgan fingerprint density at radius 1 is 1.00 bits per heavy atom. The van der Waals surface area contributed by atoms with E-state index in [0.29, 0.717) is 28.7 Å². The number of hydrogen-bond acceptors (Lipinski definition) is 5. The van der Waals surface area contributed by atoms with Gasteiger partial charge in [0.2, 0.25) is 11.7 Å². The van der Waals surface area contributed by atoms with Crippen LogP contribution in [0.5, 0.6) is 17.2 Å². The smallest absolute Gasteiger partial charge is 0.236 e. The van der Waals surface area contributed by atoms with Gasteiger partial charge in [0.15, 0.2) is 0 Å². The Kier molecular flexibility index (Phi) is 4.73. The molecule has 0 fully saturated rings. The van der Waals surface area contributed by atoms with Crippen molar-refractivity contribution in [2.24, 2.45) is 0 Å². The Labute approximate surface area is 195 Å². The van der Waals surface area contributed by atoms with Crippen molar-refractivity contribution in [2.45, 2.75) is 5.92 Å². The van der Waals surface area contributed by atoms with Crippen LogP contribution in [0, 0.1) is 0 Å². The highest BCUT2D eigenvalue weighted by Crippen LogP contribution is 2.44. The van der Waals surface area contributed by atoms with Gasteiger partial charge in [-0.15, -0.1) is 0 Å². The molecule has 166 valence electrons. The molecule has 1 N–H and O–H groups in total. The second-order valence-electron chi connectivity index (χ2n) is 7.97. The van der Waals surface area contributed by atoms with Crippen molar-refractivity contribution < 1.29 is 14.3 Å². The number of imidazole rings is 1. The van der Waals surface area contributed by atoms with E-state index < -0.39 is 5.92 Å². The molecule has 6 rings (SSSR count). The Morgan fingerprint density at radius 3 is 2.44 bits per heavy atom. The van der Waals surface area contributed by atoms with Crippen LogP contribution in [-0.2, 0) is 4.79 Å². The van der Waals surface area contributed by atoms with Gasteiger partial charge in [0.1, 0.15) is 17.2 Å². The van der Waals surface area contributed by atoms with Gasteiger partial charge >= 0.3 is 0 Å². The summed E-state index contributed by atoms with van der Waals surface area (Å²) in [6.07, 6.45) is 5.50. The molecule has 0 bridgehead atoms. The van der Waals surface area contributed by atoms with Crippen molar-refractivity contribution >= 4 is 17.4 Å². The fourth-order valence-corrected chi connectivity index (χ4v) is 4.33. The quantitative estimate of drug-likeness (QED) is 0.405. The molecule has 0 atom stereocenters. The molecule has 0 aliphatic carbocycles. The van der Waals surface area contributed by atoms with Gasteiger partial charge in [0, 0.05) is 35.3 Å². The highest BCUT2D eigenvalue weighted by atomic mass is 16.5. The molecule has 3 aromatic carbocycles. The molecule has 0 saturated carbocycles. The topological polar surface area (TPSA) is 77.8 Å². The van der Waals surface area contributed by atoms with Crippen LogP contribution in [0.25, 0.3) is 17.0 Å². The molecule has 34 heavy (non-hydrogen) atoms. The van der Waals surface area contributed by atoms with E-state index in [2.05, 4.69) is 15.3 Å². The van der Waals surface area contributed by atoms with Crippen LogP contribution in [0.2, 0.25) is 0 Å². The third-order valence-electron chi connectivity index (χ3n) is 5.93. The average Bonchev–Trinajstić information content (AvgIpc) is 3.31. The Morgan fingerprint density at radius 2 is 1.74 bits per heavy atom. The van der Waals surface area contributed by atoms with Crippen molar-refractivity contribution in [3.63, 3.8) is 0 Å². The summed E-state index contributed by atoms with van der Waals surface area (Å²) in [6.45, 7) is 0. The van der Waals surface area contributed by atoms with E-state index in [-0.39, 0.29) is 5.91 Å². The number of anilines is 1. The van der Waals surface area contributed by atoms with Crippen LogP contribution in [0.1, 0.15) is 17.0 Å². The maximum atomic E-state index is 13.7. The molecule has 0 spiro atoms. The largest absolute Gasteiger partial charge is 0.495 e. The Balaban J connectivity index is 1.39. The highest BCUT2D eigenvalue weighted by Gasteiger charge is 2.32. The van der Waals surface area contributed by atoms with Crippen molar-refractivity contribution in [1.29, 1.82) is 0 Å². The number of benzene rings is 3. The number of carbonyl (C=O) groups is 1. The summed E-state index contributed by atoms with van der Waals surface area (Å²) in [5.74, 6) is 1.84. The molecule has 7 nitrogen and oxygen atoms in total. The number of hydrogen-bond donors (Lipinski definition) is 1. The summed E-state index contributed by atoms with van der Waals surface area (Å²) >= 11 is 0. The van der Waals surface area contributed by atoms with E-state index in [1.807, 2.05) is 89.6 Å². The lowest BCUT2D eigenvalue weighted by Crippen LogP contribution is -2.25. The van der Waals surface area contributed by atoms with Gasteiger partial charge in [-0.25, -0.2) is 9.97 Å².